The summed E-state index contributed by atoms with van der Waals surface area (Å²) in [4.78, 5) is 2.29. The van der Waals surface area contributed by atoms with Gasteiger partial charge in [0.1, 0.15) is 5.75 Å². The van der Waals surface area contributed by atoms with Gasteiger partial charge in [0, 0.05) is 42.7 Å². The average Bonchev–Trinajstić information content (AvgIpc) is 3.09. The highest BCUT2D eigenvalue weighted by Gasteiger charge is 2.22. The van der Waals surface area contributed by atoms with E-state index in [2.05, 4.69) is 10.2 Å². The number of nitrogens with one attached hydrogen (secondary N) is 1. The summed E-state index contributed by atoms with van der Waals surface area (Å²) in [6.45, 7) is 4.44. The lowest BCUT2D eigenvalue weighted by atomic mass is 10.1. The second kappa shape index (κ2) is 6.97. The first-order valence-electron chi connectivity index (χ1n) is 7.77. The maximum absolute atomic E-state index is 9.32. The van der Waals surface area contributed by atoms with Gasteiger partial charge in [0.05, 0.1) is 13.2 Å². The zero-order chi connectivity index (χ0) is 14.7. The number of hydrogen-bond acceptors (Lipinski definition) is 4. The van der Waals surface area contributed by atoms with Crippen LogP contribution in [-0.4, -0.2) is 48.9 Å². The van der Waals surface area contributed by atoms with E-state index in [1.54, 1.807) is 0 Å². The SMILES string of the molecule is OCCN(Cc1cc(Cl)cc2c1OCC2)CC1CCCN1. The van der Waals surface area contributed by atoms with Crippen molar-refractivity contribution in [2.75, 3.05) is 32.8 Å². The number of fused-ring (bicyclic) bond motifs is 1. The minimum atomic E-state index is 0.177. The van der Waals surface area contributed by atoms with Gasteiger partial charge in [0.25, 0.3) is 0 Å². The molecule has 1 aromatic carbocycles. The topological polar surface area (TPSA) is 44.7 Å². The van der Waals surface area contributed by atoms with E-state index in [0.717, 1.165) is 49.0 Å². The van der Waals surface area contributed by atoms with Gasteiger partial charge in [0.15, 0.2) is 0 Å². The third-order valence-corrected chi connectivity index (χ3v) is 4.49. The van der Waals surface area contributed by atoms with Gasteiger partial charge in [-0.25, -0.2) is 0 Å². The van der Waals surface area contributed by atoms with Crippen LogP contribution in [-0.2, 0) is 13.0 Å². The van der Waals surface area contributed by atoms with Crippen molar-refractivity contribution in [3.63, 3.8) is 0 Å². The van der Waals surface area contributed by atoms with Crippen LogP contribution < -0.4 is 10.1 Å². The van der Waals surface area contributed by atoms with Crippen molar-refractivity contribution in [1.29, 1.82) is 0 Å². The molecule has 0 spiro atoms. The van der Waals surface area contributed by atoms with Gasteiger partial charge in [-0.05, 0) is 37.1 Å². The molecule has 0 amide bonds. The molecule has 1 unspecified atom stereocenters. The molecule has 1 atom stereocenters. The summed E-state index contributed by atoms with van der Waals surface area (Å²) in [5, 5.41) is 13.6. The number of hydrogen-bond donors (Lipinski definition) is 2. The second-order valence-corrected chi connectivity index (χ2v) is 6.34. The molecule has 2 N–H and O–H groups in total. The predicted octanol–water partition coefficient (Wildman–Crippen LogP) is 1.82. The van der Waals surface area contributed by atoms with E-state index in [1.165, 1.54) is 18.4 Å². The van der Waals surface area contributed by atoms with E-state index in [1.807, 2.05) is 12.1 Å². The standard InChI is InChI=1S/C16H23ClN2O2/c17-14-8-12-3-7-21-16(12)13(9-14)10-19(5-6-20)11-15-2-1-4-18-15/h8-9,15,18,20H,1-7,10-11H2. The lowest BCUT2D eigenvalue weighted by Gasteiger charge is -2.25. The highest BCUT2D eigenvalue weighted by atomic mass is 35.5. The first kappa shape index (κ1) is 15.1. The molecule has 2 aliphatic heterocycles. The molecule has 1 aromatic rings. The van der Waals surface area contributed by atoms with Crippen LogP contribution in [0.15, 0.2) is 12.1 Å². The summed E-state index contributed by atoms with van der Waals surface area (Å²) in [7, 11) is 0. The van der Waals surface area contributed by atoms with E-state index in [4.69, 9.17) is 16.3 Å². The zero-order valence-corrected chi connectivity index (χ0v) is 13.0. The summed E-state index contributed by atoms with van der Waals surface area (Å²) in [5.41, 5.74) is 2.35. The van der Waals surface area contributed by atoms with Crippen LogP contribution in [0.1, 0.15) is 24.0 Å². The zero-order valence-electron chi connectivity index (χ0n) is 12.3. The first-order valence-corrected chi connectivity index (χ1v) is 8.15. The maximum atomic E-state index is 9.32. The molecule has 116 valence electrons. The Kier molecular flexibility index (Phi) is 5.01. The number of benzene rings is 1. The fourth-order valence-corrected chi connectivity index (χ4v) is 3.57. The molecule has 3 rings (SSSR count). The van der Waals surface area contributed by atoms with Crippen LogP contribution in [0.25, 0.3) is 0 Å². The Morgan fingerprint density at radius 3 is 3.10 bits per heavy atom. The molecule has 2 aliphatic rings. The lowest BCUT2D eigenvalue weighted by Crippen LogP contribution is -2.38. The lowest BCUT2D eigenvalue weighted by molar-refractivity contribution is 0.177. The summed E-state index contributed by atoms with van der Waals surface area (Å²) in [6, 6.07) is 4.53. The number of aliphatic hydroxyl groups is 1. The van der Waals surface area contributed by atoms with Gasteiger partial charge >= 0.3 is 0 Å². The molecule has 0 radical (unpaired) electrons. The van der Waals surface area contributed by atoms with Crippen LogP contribution >= 0.6 is 11.6 Å². The molecule has 4 nitrogen and oxygen atoms in total. The van der Waals surface area contributed by atoms with E-state index in [-0.39, 0.29) is 6.61 Å². The largest absolute Gasteiger partial charge is 0.493 e. The van der Waals surface area contributed by atoms with Crippen LogP contribution in [0.3, 0.4) is 0 Å². The third-order valence-electron chi connectivity index (χ3n) is 4.28. The van der Waals surface area contributed by atoms with Crippen LogP contribution in [0.2, 0.25) is 5.02 Å². The van der Waals surface area contributed by atoms with Crippen molar-refractivity contribution in [1.82, 2.24) is 10.2 Å². The fraction of sp³-hybridized carbons (Fsp3) is 0.625. The Morgan fingerprint density at radius 2 is 2.33 bits per heavy atom. The molecule has 2 heterocycles. The van der Waals surface area contributed by atoms with Gasteiger partial charge in [-0.15, -0.1) is 0 Å². The summed E-state index contributed by atoms with van der Waals surface area (Å²) >= 11 is 6.22. The molecule has 1 fully saturated rings. The van der Waals surface area contributed by atoms with E-state index >= 15 is 0 Å². The number of nitrogens with zero attached hydrogens (tertiary/aromatic N) is 1. The van der Waals surface area contributed by atoms with Crippen LogP contribution in [0.5, 0.6) is 5.75 Å². The highest BCUT2D eigenvalue weighted by molar-refractivity contribution is 6.30. The monoisotopic (exact) mass is 310 g/mol. The van der Waals surface area contributed by atoms with E-state index < -0.39 is 0 Å². The van der Waals surface area contributed by atoms with E-state index in [0.29, 0.717) is 12.6 Å². The summed E-state index contributed by atoms with van der Waals surface area (Å²) in [5.74, 6) is 1.00. The van der Waals surface area contributed by atoms with Crippen LogP contribution in [0, 0.1) is 0 Å². The Bertz CT molecular complexity index is 489. The van der Waals surface area contributed by atoms with Crippen molar-refractivity contribution in [2.45, 2.75) is 31.8 Å². The third kappa shape index (κ3) is 3.69. The molecular formula is C16H23ClN2O2. The van der Waals surface area contributed by atoms with Gasteiger partial charge in [-0.1, -0.05) is 11.6 Å². The average molecular weight is 311 g/mol. The minimum absolute atomic E-state index is 0.177. The van der Waals surface area contributed by atoms with Crippen molar-refractivity contribution in [3.05, 3.63) is 28.3 Å². The quantitative estimate of drug-likeness (QED) is 0.841. The molecular weight excluding hydrogens is 288 g/mol. The summed E-state index contributed by atoms with van der Waals surface area (Å²) < 4.78 is 5.77. The molecule has 0 bridgehead atoms. The van der Waals surface area contributed by atoms with Gasteiger partial charge in [0.2, 0.25) is 0 Å². The van der Waals surface area contributed by atoms with Crippen molar-refractivity contribution in [2.24, 2.45) is 0 Å². The number of halogens is 1. The number of aliphatic hydroxyl groups excluding tert-OH is 1. The second-order valence-electron chi connectivity index (χ2n) is 5.90. The fourth-order valence-electron chi connectivity index (χ4n) is 3.30. The Morgan fingerprint density at radius 1 is 1.43 bits per heavy atom. The minimum Gasteiger partial charge on any atom is -0.493 e. The van der Waals surface area contributed by atoms with Crippen molar-refractivity contribution < 1.29 is 9.84 Å². The molecule has 0 aliphatic carbocycles. The van der Waals surface area contributed by atoms with Crippen molar-refractivity contribution >= 4 is 11.6 Å². The normalized spacial score (nSPS) is 20.8. The summed E-state index contributed by atoms with van der Waals surface area (Å²) in [6.07, 6.45) is 3.40. The Labute approximate surface area is 131 Å². The number of ether oxygens (including phenoxy) is 1. The van der Waals surface area contributed by atoms with Gasteiger partial charge < -0.3 is 15.2 Å². The predicted molar refractivity (Wildman–Crippen MR) is 84.0 cm³/mol. The molecule has 5 heteroatoms. The maximum Gasteiger partial charge on any atom is 0.127 e. The van der Waals surface area contributed by atoms with Crippen molar-refractivity contribution in [3.8, 4) is 5.75 Å². The molecule has 1 saturated heterocycles. The smallest absolute Gasteiger partial charge is 0.127 e. The van der Waals surface area contributed by atoms with E-state index in [9.17, 15) is 5.11 Å². The number of rotatable bonds is 6. The first-order chi connectivity index (χ1) is 10.3. The Hall–Kier alpha value is -0.810. The molecule has 0 saturated carbocycles. The molecule has 0 aromatic heterocycles. The van der Waals surface area contributed by atoms with Gasteiger partial charge in [-0.2, -0.15) is 0 Å². The highest BCUT2D eigenvalue weighted by Crippen LogP contribution is 2.33. The Balaban J connectivity index is 1.72. The van der Waals surface area contributed by atoms with Gasteiger partial charge in [-0.3, -0.25) is 4.90 Å². The molecule has 21 heavy (non-hydrogen) atoms. The van der Waals surface area contributed by atoms with Crippen LogP contribution in [0.4, 0.5) is 0 Å².